The van der Waals surface area contributed by atoms with Crippen LogP contribution in [0, 0.1) is 5.92 Å². The molecule has 14 heteroatoms. The van der Waals surface area contributed by atoms with Crippen LogP contribution in [-0.2, 0) is 22.3 Å². The van der Waals surface area contributed by atoms with Crippen LogP contribution in [0.2, 0.25) is 0 Å². The molecule has 2 aromatic rings. The molecule has 0 bridgehead atoms. The molecule has 3 N–H and O–H groups in total. The van der Waals surface area contributed by atoms with E-state index in [1.54, 1.807) is 12.3 Å². The van der Waals surface area contributed by atoms with E-state index in [0.717, 1.165) is 36.8 Å². The fourth-order valence-electron chi connectivity index (χ4n) is 5.86. The molecule has 1 amide bonds. The lowest BCUT2D eigenvalue weighted by Crippen LogP contribution is -2.50. The first-order chi connectivity index (χ1) is 21.5. The number of amides is 1. The Balaban J connectivity index is 1.35. The van der Waals surface area contributed by atoms with E-state index in [-0.39, 0.29) is 35.3 Å². The van der Waals surface area contributed by atoms with Crippen LogP contribution in [0.3, 0.4) is 0 Å². The summed E-state index contributed by atoms with van der Waals surface area (Å²) in [6.45, 7) is 6.71. The number of ether oxygens (including phenoxy) is 1. The number of piperidine rings is 2. The van der Waals surface area contributed by atoms with Crippen LogP contribution in [0.5, 0.6) is 5.75 Å². The molecular formula is C31H39F3N6O4S. The summed E-state index contributed by atoms with van der Waals surface area (Å²) in [4.78, 5) is 38.5. The van der Waals surface area contributed by atoms with Gasteiger partial charge in [0, 0.05) is 48.5 Å². The van der Waals surface area contributed by atoms with Gasteiger partial charge in [-0.05, 0) is 63.8 Å². The van der Waals surface area contributed by atoms with Crippen LogP contribution in [0.1, 0.15) is 62.8 Å². The minimum atomic E-state index is -4.61. The van der Waals surface area contributed by atoms with E-state index in [9.17, 15) is 27.9 Å². The summed E-state index contributed by atoms with van der Waals surface area (Å²) in [7, 11) is 0. The molecule has 0 saturated carbocycles. The van der Waals surface area contributed by atoms with Gasteiger partial charge in [0.05, 0.1) is 23.8 Å². The van der Waals surface area contributed by atoms with Crippen molar-refractivity contribution in [2.75, 3.05) is 31.6 Å². The molecule has 4 heterocycles. The molecule has 0 aliphatic carbocycles. The van der Waals surface area contributed by atoms with Crippen molar-refractivity contribution in [3.63, 3.8) is 0 Å². The fraction of sp³-hybridized carbons (Fsp3) is 0.548. The molecule has 244 valence electrons. The Morgan fingerprint density at radius 1 is 1.18 bits per heavy atom. The summed E-state index contributed by atoms with van der Waals surface area (Å²) in [6, 6.07) is 4.32. The number of carboxylic acids is 1. The summed E-state index contributed by atoms with van der Waals surface area (Å²) >= 11 is 1.25. The molecule has 2 saturated heterocycles. The zero-order valence-corrected chi connectivity index (χ0v) is 26.2. The number of nitrogens with zero attached hydrogens (tertiary/aromatic N) is 4. The van der Waals surface area contributed by atoms with E-state index in [1.807, 2.05) is 6.92 Å². The van der Waals surface area contributed by atoms with Crippen molar-refractivity contribution in [1.82, 2.24) is 20.1 Å². The third-order valence-corrected chi connectivity index (χ3v) is 9.43. The topological polar surface area (TPSA) is 119 Å². The van der Waals surface area contributed by atoms with Gasteiger partial charge in [0.25, 0.3) is 5.91 Å². The summed E-state index contributed by atoms with van der Waals surface area (Å²) in [5.74, 6) is -1.85. The first-order valence-electron chi connectivity index (χ1n) is 15.4. The number of nitrogens with one attached hydrogen (secondary N) is 2. The maximum atomic E-state index is 14.1. The third kappa shape index (κ3) is 8.03. The standard InChI is InChI=1S/C31H39F3N6O4S/c1-3-14-44-24-8-7-21(15-22(24)31(32,33)34)27-25(18-40-11-5-4-6-19(40)2)45-30(37-27)38-28(41)23-16-36-26(17-35-23)39-12-9-20(10-13-39)29(42)43/h7-8,15-17,19-20,26,36H,3-6,9-14,18H2,1-2H3,(H,42,43)(H,37,38,41). The molecule has 1 aromatic heterocycles. The van der Waals surface area contributed by atoms with Crippen LogP contribution >= 0.6 is 11.3 Å². The van der Waals surface area contributed by atoms with Gasteiger partial charge in [-0.25, -0.2) is 4.98 Å². The minimum Gasteiger partial charge on any atom is -0.493 e. The molecule has 3 aliphatic heterocycles. The Morgan fingerprint density at radius 3 is 2.60 bits per heavy atom. The number of hydrogen-bond donors (Lipinski definition) is 3. The van der Waals surface area contributed by atoms with Crippen molar-refractivity contribution in [3.05, 3.63) is 40.5 Å². The predicted molar refractivity (Wildman–Crippen MR) is 166 cm³/mol. The molecule has 45 heavy (non-hydrogen) atoms. The van der Waals surface area contributed by atoms with E-state index in [1.165, 1.54) is 23.6 Å². The summed E-state index contributed by atoms with van der Waals surface area (Å²) < 4.78 is 47.6. The molecule has 0 spiro atoms. The zero-order valence-electron chi connectivity index (χ0n) is 25.4. The maximum absolute atomic E-state index is 14.1. The molecule has 2 fully saturated rings. The van der Waals surface area contributed by atoms with E-state index in [0.29, 0.717) is 56.2 Å². The monoisotopic (exact) mass is 648 g/mol. The highest BCUT2D eigenvalue weighted by Gasteiger charge is 2.35. The van der Waals surface area contributed by atoms with Crippen LogP contribution in [0.25, 0.3) is 11.3 Å². The molecule has 2 unspecified atom stereocenters. The number of halogens is 3. The first-order valence-corrected chi connectivity index (χ1v) is 16.2. The van der Waals surface area contributed by atoms with Crippen molar-refractivity contribution in [3.8, 4) is 17.0 Å². The number of thiazole rings is 1. The number of carbonyl (C=O) groups is 2. The predicted octanol–water partition coefficient (Wildman–Crippen LogP) is 5.57. The number of aromatic nitrogens is 1. The largest absolute Gasteiger partial charge is 0.493 e. The minimum absolute atomic E-state index is 0.131. The highest BCUT2D eigenvalue weighted by molar-refractivity contribution is 7.16. The number of hydrogen-bond acceptors (Lipinski definition) is 9. The van der Waals surface area contributed by atoms with E-state index in [2.05, 4.69) is 37.3 Å². The second-order valence-corrected chi connectivity index (χ2v) is 12.8. The fourth-order valence-corrected chi connectivity index (χ4v) is 6.86. The number of benzene rings is 1. The van der Waals surface area contributed by atoms with Gasteiger partial charge >= 0.3 is 12.1 Å². The molecule has 3 aliphatic rings. The molecule has 0 radical (unpaired) electrons. The second-order valence-electron chi connectivity index (χ2n) is 11.7. The Labute approximate surface area is 264 Å². The van der Waals surface area contributed by atoms with Gasteiger partial charge in [-0.2, -0.15) is 13.2 Å². The van der Waals surface area contributed by atoms with Gasteiger partial charge in [-0.1, -0.05) is 24.7 Å². The van der Waals surface area contributed by atoms with Crippen molar-refractivity contribution < 1.29 is 32.6 Å². The molecule has 2 atom stereocenters. The highest BCUT2D eigenvalue weighted by atomic mass is 32.1. The third-order valence-electron chi connectivity index (χ3n) is 8.48. The van der Waals surface area contributed by atoms with Crippen LogP contribution in [-0.4, -0.2) is 76.4 Å². The van der Waals surface area contributed by atoms with Gasteiger partial charge < -0.3 is 15.2 Å². The molecule has 10 nitrogen and oxygen atoms in total. The number of alkyl halides is 3. The lowest BCUT2D eigenvalue weighted by Gasteiger charge is -2.35. The zero-order chi connectivity index (χ0) is 32.1. The maximum Gasteiger partial charge on any atom is 0.419 e. The first kappa shape index (κ1) is 32.9. The molecule has 5 rings (SSSR count). The van der Waals surface area contributed by atoms with E-state index < -0.39 is 23.6 Å². The number of carbonyl (C=O) groups excluding carboxylic acids is 1. The summed E-state index contributed by atoms with van der Waals surface area (Å²) in [6.07, 6.45) is 3.14. The van der Waals surface area contributed by atoms with Crippen LogP contribution in [0.4, 0.5) is 18.3 Å². The Kier molecular flexibility index (Phi) is 10.4. The normalized spacial score (nSPS) is 21.7. The quantitative estimate of drug-likeness (QED) is 0.306. The van der Waals surface area contributed by atoms with E-state index >= 15 is 0 Å². The van der Waals surface area contributed by atoms with Gasteiger partial charge in [0.2, 0.25) is 0 Å². The van der Waals surface area contributed by atoms with Gasteiger partial charge in [-0.3, -0.25) is 29.7 Å². The molecular weight excluding hydrogens is 609 g/mol. The van der Waals surface area contributed by atoms with Crippen molar-refractivity contribution >= 4 is 34.6 Å². The Bertz CT molecular complexity index is 1440. The van der Waals surface area contributed by atoms with Crippen molar-refractivity contribution in [2.45, 2.75) is 77.3 Å². The van der Waals surface area contributed by atoms with E-state index in [4.69, 9.17) is 4.74 Å². The summed E-state index contributed by atoms with van der Waals surface area (Å²) in [5, 5.41) is 15.5. The van der Waals surface area contributed by atoms with Crippen LogP contribution in [0.15, 0.2) is 35.1 Å². The van der Waals surface area contributed by atoms with Gasteiger partial charge in [0.1, 0.15) is 17.6 Å². The SMILES string of the molecule is CCCOc1ccc(-c2nc(NC(=O)C3=CNC(N4CCC(C(=O)O)CC4)C=N3)sc2CN2CCCCC2C)cc1C(F)(F)F. The highest BCUT2D eigenvalue weighted by Crippen LogP contribution is 2.41. The van der Waals surface area contributed by atoms with Gasteiger partial charge in [0.15, 0.2) is 5.13 Å². The number of aliphatic carboxylic acids is 1. The van der Waals surface area contributed by atoms with Gasteiger partial charge in [-0.15, -0.1) is 0 Å². The Hall–Kier alpha value is -3.49. The number of rotatable bonds is 10. The number of anilines is 1. The number of carboxylic acid groups (broad SMARTS) is 1. The summed E-state index contributed by atoms with van der Waals surface area (Å²) in [5.41, 5.74) is -0.0383. The lowest BCUT2D eigenvalue weighted by atomic mass is 9.97. The Morgan fingerprint density at radius 2 is 1.96 bits per heavy atom. The average Bonchev–Trinajstić information content (AvgIpc) is 3.42. The van der Waals surface area contributed by atoms with Crippen LogP contribution < -0.4 is 15.4 Å². The number of likely N-dealkylation sites (tertiary alicyclic amines) is 2. The molecule has 1 aromatic carbocycles. The second kappa shape index (κ2) is 14.3. The lowest BCUT2D eigenvalue weighted by molar-refractivity contribution is -0.143. The smallest absolute Gasteiger partial charge is 0.419 e. The average molecular weight is 649 g/mol. The van der Waals surface area contributed by atoms with Crippen molar-refractivity contribution in [1.29, 1.82) is 0 Å². The number of aliphatic imine (C=N–C) groups is 1. The van der Waals surface area contributed by atoms with Crippen molar-refractivity contribution in [2.24, 2.45) is 10.9 Å².